The number of allylic oxidation sites excluding steroid dienone is 2. The van der Waals surface area contributed by atoms with E-state index in [1.807, 2.05) is 79.7 Å². The van der Waals surface area contributed by atoms with Gasteiger partial charge >= 0.3 is 0 Å². The van der Waals surface area contributed by atoms with E-state index < -0.39 is 11.9 Å². The van der Waals surface area contributed by atoms with Gasteiger partial charge in [-0.1, -0.05) is 18.2 Å². The number of methoxy groups -OCH3 is 1. The zero-order chi connectivity index (χ0) is 25.5. The summed E-state index contributed by atoms with van der Waals surface area (Å²) >= 11 is 0. The number of hydrogen-bond donors (Lipinski definition) is 0. The van der Waals surface area contributed by atoms with E-state index in [9.17, 15) is 4.79 Å². The number of ketones is 1. The monoisotopic (exact) mass is 472 g/mol. The molecule has 6 heteroatoms. The van der Waals surface area contributed by atoms with E-state index in [4.69, 9.17) is 23.7 Å². The van der Waals surface area contributed by atoms with E-state index in [1.54, 1.807) is 25.3 Å². The van der Waals surface area contributed by atoms with Crippen LogP contribution in [-0.2, 0) is 18.9 Å². The van der Waals surface area contributed by atoms with Gasteiger partial charge < -0.3 is 23.7 Å². The fraction of sp³-hybridized carbons (Fsp3) is 0.536. The molecule has 1 aliphatic carbocycles. The standard InChI is InChI=1S/C28H40O6/c1-18(2)31-23-16-22(27(33-20(5)6)28(17-23,30-9)34-21(7)8)14-15-25(29)24-12-10-11-13-26(24)32-19(3)4/h10-21,27H,1-9H3/b15-14+. The summed E-state index contributed by atoms with van der Waals surface area (Å²) < 4.78 is 30.3. The summed E-state index contributed by atoms with van der Waals surface area (Å²) in [6.45, 7) is 15.5. The van der Waals surface area contributed by atoms with Gasteiger partial charge in [0.15, 0.2) is 5.78 Å². The SMILES string of the molecule is COC1(OC(C)C)C=C(OC(C)C)C=C(/C=C/C(=O)c2ccccc2OC(C)C)C1OC(C)C. The lowest BCUT2D eigenvalue weighted by atomic mass is 9.92. The van der Waals surface area contributed by atoms with E-state index in [1.165, 1.54) is 6.08 Å². The van der Waals surface area contributed by atoms with E-state index in [0.717, 1.165) is 0 Å². The Hall–Kier alpha value is -2.41. The molecule has 0 saturated carbocycles. The Bertz CT molecular complexity index is 909. The summed E-state index contributed by atoms with van der Waals surface area (Å²) in [7, 11) is 1.58. The second-order valence-electron chi connectivity index (χ2n) is 9.38. The van der Waals surface area contributed by atoms with Gasteiger partial charge in [0.25, 0.3) is 0 Å². The Balaban J connectivity index is 2.50. The summed E-state index contributed by atoms with van der Waals surface area (Å²) in [4.78, 5) is 13.1. The highest BCUT2D eigenvalue weighted by Gasteiger charge is 2.45. The van der Waals surface area contributed by atoms with Crippen molar-refractivity contribution in [2.75, 3.05) is 7.11 Å². The first-order chi connectivity index (χ1) is 16.0. The summed E-state index contributed by atoms with van der Waals surface area (Å²) in [5.41, 5.74) is 1.21. The minimum absolute atomic E-state index is 0.0424. The molecule has 0 spiro atoms. The maximum absolute atomic E-state index is 13.1. The number of carbonyl (C=O) groups excluding carboxylic acids is 1. The van der Waals surface area contributed by atoms with Crippen molar-refractivity contribution in [1.29, 1.82) is 0 Å². The largest absolute Gasteiger partial charge is 0.491 e. The molecule has 188 valence electrons. The van der Waals surface area contributed by atoms with Gasteiger partial charge in [-0.05, 0) is 85.2 Å². The molecule has 2 rings (SSSR count). The zero-order valence-electron chi connectivity index (χ0n) is 22.0. The lowest BCUT2D eigenvalue weighted by Gasteiger charge is -2.42. The molecule has 2 unspecified atom stereocenters. The van der Waals surface area contributed by atoms with E-state index in [-0.39, 0.29) is 30.2 Å². The van der Waals surface area contributed by atoms with Gasteiger partial charge in [-0.3, -0.25) is 4.79 Å². The van der Waals surface area contributed by atoms with Crippen molar-refractivity contribution in [3.63, 3.8) is 0 Å². The van der Waals surface area contributed by atoms with Crippen LogP contribution in [0.2, 0.25) is 0 Å². The molecule has 0 amide bonds. The van der Waals surface area contributed by atoms with Gasteiger partial charge in [-0.2, -0.15) is 0 Å². The number of rotatable bonds is 12. The highest BCUT2D eigenvalue weighted by molar-refractivity contribution is 6.06. The summed E-state index contributed by atoms with van der Waals surface area (Å²) in [6.07, 6.45) is 6.01. The fourth-order valence-corrected chi connectivity index (χ4v) is 3.68. The first-order valence-electron chi connectivity index (χ1n) is 11.9. The maximum Gasteiger partial charge on any atom is 0.223 e. The summed E-state index contributed by atoms with van der Waals surface area (Å²) in [6, 6.07) is 7.24. The second-order valence-corrected chi connectivity index (χ2v) is 9.38. The van der Waals surface area contributed by atoms with Gasteiger partial charge in [0.1, 0.15) is 17.6 Å². The molecule has 0 aliphatic heterocycles. The van der Waals surface area contributed by atoms with Crippen molar-refractivity contribution in [1.82, 2.24) is 0 Å². The van der Waals surface area contributed by atoms with Gasteiger partial charge in [0, 0.05) is 13.2 Å². The van der Waals surface area contributed by atoms with Crippen LogP contribution in [0.25, 0.3) is 0 Å². The molecule has 1 aromatic carbocycles. The van der Waals surface area contributed by atoms with E-state index >= 15 is 0 Å². The molecule has 0 fully saturated rings. The third kappa shape index (κ3) is 7.55. The van der Waals surface area contributed by atoms with Gasteiger partial charge in [-0.25, -0.2) is 0 Å². The van der Waals surface area contributed by atoms with Crippen molar-refractivity contribution in [2.45, 2.75) is 91.7 Å². The van der Waals surface area contributed by atoms with Gasteiger partial charge in [0.05, 0.1) is 30.0 Å². The molecule has 0 aromatic heterocycles. The van der Waals surface area contributed by atoms with Crippen LogP contribution < -0.4 is 4.74 Å². The first-order valence-corrected chi connectivity index (χ1v) is 11.9. The first kappa shape index (κ1) is 27.8. The van der Waals surface area contributed by atoms with Crippen LogP contribution in [0.1, 0.15) is 65.7 Å². The zero-order valence-corrected chi connectivity index (χ0v) is 22.0. The Morgan fingerprint density at radius 1 is 0.912 bits per heavy atom. The Kier molecular flexibility index (Phi) is 10.1. The molecule has 0 heterocycles. The number of carbonyl (C=O) groups is 1. The fourth-order valence-electron chi connectivity index (χ4n) is 3.68. The highest BCUT2D eigenvalue weighted by atomic mass is 16.7. The second kappa shape index (κ2) is 12.3. The van der Waals surface area contributed by atoms with Crippen LogP contribution in [0, 0.1) is 0 Å². The summed E-state index contributed by atoms with van der Waals surface area (Å²) in [5.74, 6) is -0.234. The number of benzene rings is 1. The third-order valence-corrected chi connectivity index (χ3v) is 4.78. The maximum atomic E-state index is 13.1. The molecular formula is C28H40O6. The highest BCUT2D eigenvalue weighted by Crippen LogP contribution is 2.36. The van der Waals surface area contributed by atoms with Gasteiger partial charge in [0.2, 0.25) is 5.79 Å². The molecule has 0 saturated heterocycles. The Morgan fingerprint density at radius 2 is 1.56 bits per heavy atom. The molecule has 1 aromatic rings. The van der Waals surface area contributed by atoms with E-state index in [2.05, 4.69) is 0 Å². The minimum atomic E-state index is -1.21. The van der Waals surface area contributed by atoms with Crippen molar-refractivity contribution in [2.24, 2.45) is 0 Å². The molecule has 0 N–H and O–H groups in total. The topological polar surface area (TPSA) is 63.2 Å². The van der Waals surface area contributed by atoms with Crippen LogP contribution in [0.15, 0.2) is 59.9 Å². The third-order valence-electron chi connectivity index (χ3n) is 4.78. The quantitative estimate of drug-likeness (QED) is 0.210. The van der Waals surface area contributed by atoms with Crippen LogP contribution in [0.5, 0.6) is 5.75 Å². The molecule has 0 radical (unpaired) electrons. The van der Waals surface area contributed by atoms with Crippen LogP contribution in [0.3, 0.4) is 0 Å². The Labute approximate surface area is 204 Å². The van der Waals surface area contributed by atoms with Gasteiger partial charge in [-0.15, -0.1) is 0 Å². The van der Waals surface area contributed by atoms with Crippen LogP contribution >= 0.6 is 0 Å². The van der Waals surface area contributed by atoms with Crippen molar-refractivity contribution < 1.29 is 28.5 Å². The average molecular weight is 473 g/mol. The lowest BCUT2D eigenvalue weighted by Crippen LogP contribution is -2.51. The molecular weight excluding hydrogens is 432 g/mol. The number of ether oxygens (including phenoxy) is 5. The predicted molar refractivity (Wildman–Crippen MR) is 134 cm³/mol. The molecule has 1 aliphatic rings. The lowest BCUT2D eigenvalue weighted by molar-refractivity contribution is -0.263. The van der Waals surface area contributed by atoms with Crippen molar-refractivity contribution in [3.8, 4) is 5.75 Å². The molecule has 34 heavy (non-hydrogen) atoms. The number of para-hydroxylation sites is 1. The van der Waals surface area contributed by atoms with Crippen LogP contribution in [0.4, 0.5) is 0 Å². The minimum Gasteiger partial charge on any atom is -0.491 e. The molecule has 6 nitrogen and oxygen atoms in total. The van der Waals surface area contributed by atoms with Crippen molar-refractivity contribution >= 4 is 5.78 Å². The normalized spacial score (nSPS) is 20.9. The smallest absolute Gasteiger partial charge is 0.223 e. The molecule has 2 atom stereocenters. The van der Waals surface area contributed by atoms with E-state index in [0.29, 0.717) is 22.6 Å². The van der Waals surface area contributed by atoms with Crippen molar-refractivity contribution in [3.05, 3.63) is 65.5 Å². The number of hydrogen-bond acceptors (Lipinski definition) is 6. The Morgan fingerprint density at radius 3 is 2.12 bits per heavy atom. The summed E-state index contributed by atoms with van der Waals surface area (Å²) in [5, 5.41) is 0. The molecule has 0 bridgehead atoms. The van der Waals surface area contributed by atoms with Crippen LogP contribution in [-0.4, -0.2) is 49.2 Å². The predicted octanol–water partition coefficient (Wildman–Crippen LogP) is 6.02. The average Bonchev–Trinajstić information content (AvgIpc) is 2.72.